The van der Waals surface area contributed by atoms with Gasteiger partial charge in [0.05, 0.1) is 16.5 Å². The van der Waals surface area contributed by atoms with E-state index in [1.165, 1.54) is 22.9 Å². The number of pyridine rings is 1. The number of anilines is 1. The summed E-state index contributed by atoms with van der Waals surface area (Å²) in [6, 6.07) is 21.8. The Kier molecular flexibility index (Phi) is 6.37. The lowest BCUT2D eigenvalue weighted by molar-refractivity contribution is -0.123. The number of aryl methyl sites for hydroxylation is 1. The number of rotatable bonds is 4. The highest BCUT2D eigenvalue weighted by Crippen LogP contribution is 2.38. The van der Waals surface area contributed by atoms with Crippen molar-refractivity contribution in [1.29, 1.82) is 0 Å². The number of carbonyl (C=O) groups is 1. The van der Waals surface area contributed by atoms with Crippen molar-refractivity contribution >= 4 is 51.7 Å². The zero-order chi connectivity index (χ0) is 26.4. The van der Waals surface area contributed by atoms with Crippen molar-refractivity contribution in [3.63, 3.8) is 0 Å². The van der Waals surface area contributed by atoms with Crippen molar-refractivity contribution in [2.24, 2.45) is 0 Å². The molecule has 0 spiro atoms. The van der Waals surface area contributed by atoms with E-state index in [0.29, 0.717) is 32.8 Å². The molecule has 1 saturated heterocycles. The Balaban J connectivity index is 1.46. The molecule has 0 unspecified atom stereocenters. The van der Waals surface area contributed by atoms with Gasteiger partial charge in [0.2, 0.25) is 0 Å². The molecule has 2 aliphatic rings. The molecule has 8 heteroatoms. The molecule has 190 valence electrons. The van der Waals surface area contributed by atoms with Gasteiger partial charge in [0.1, 0.15) is 15.8 Å². The number of hydrogen-bond acceptors (Lipinski definition) is 6. The lowest BCUT2D eigenvalue weighted by atomic mass is 9.99. The number of hydrogen-bond donors (Lipinski definition) is 0. The molecule has 1 amide bonds. The van der Waals surface area contributed by atoms with Gasteiger partial charge in [-0.15, -0.1) is 0 Å². The van der Waals surface area contributed by atoms with Crippen molar-refractivity contribution in [1.82, 2.24) is 14.3 Å². The summed E-state index contributed by atoms with van der Waals surface area (Å²) in [6.45, 7) is 5.30. The van der Waals surface area contributed by atoms with Crippen molar-refractivity contribution in [3.05, 3.63) is 116 Å². The summed E-state index contributed by atoms with van der Waals surface area (Å²) >= 11 is 6.87. The molecular formula is C30H26N4O2S2. The molecule has 4 heterocycles. The van der Waals surface area contributed by atoms with Crippen LogP contribution in [-0.4, -0.2) is 31.1 Å². The number of thioether (sulfide) groups is 1. The fourth-order valence-electron chi connectivity index (χ4n) is 5.17. The summed E-state index contributed by atoms with van der Waals surface area (Å²) in [4.78, 5) is 36.7. The summed E-state index contributed by atoms with van der Waals surface area (Å²) < 4.78 is 2.05. The highest BCUT2D eigenvalue weighted by Gasteiger charge is 2.36. The van der Waals surface area contributed by atoms with Crippen molar-refractivity contribution < 1.29 is 4.79 Å². The summed E-state index contributed by atoms with van der Waals surface area (Å²) in [5.74, 6) is 0.403. The molecule has 6 nitrogen and oxygen atoms in total. The van der Waals surface area contributed by atoms with Crippen LogP contribution in [0.4, 0.5) is 5.82 Å². The van der Waals surface area contributed by atoms with Crippen molar-refractivity contribution in [3.8, 4) is 0 Å². The molecule has 1 atom stereocenters. The number of fused-ring (bicyclic) bond motifs is 2. The summed E-state index contributed by atoms with van der Waals surface area (Å²) in [5, 5.41) is 0. The molecule has 4 aromatic rings. The normalized spacial score (nSPS) is 17.4. The first-order valence-electron chi connectivity index (χ1n) is 12.6. The topological polar surface area (TPSA) is 57.9 Å². The van der Waals surface area contributed by atoms with E-state index in [-0.39, 0.29) is 17.5 Å². The van der Waals surface area contributed by atoms with Crippen LogP contribution in [0.2, 0.25) is 0 Å². The lowest BCUT2D eigenvalue weighted by Crippen LogP contribution is -2.34. The number of carbonyl (C=O) groups excluding carboxylic acids is 1. The predicted octanol–water partition coefficient (Wildman–Crippen LogP) is 5.53. The van der Waals surface area contributed by atoms with E-state index in [9.17, 15) is 9.59 Å². The van der Waals surface area contributed by atoms with Gasteiger partial charge in [-0.1, -0.05) is 84.6 Å². The zero-order valence-corrected chi connectivity index (χ0v) is 22.8. The lowest BCUT2D eigenvalue weighted by Gasteiger charge is -2.31. The molecule has 2 aromatic carbocycles. The van der Waals surface area contributed by atoms with Crippen LogP contribution in [0.3, 0.4) is 0 Å². The maximum atomic E-state index is 13.9. The summed E-state index contributed by atoms with van der Waals surface area (Å²) in [7, 11) is 0. The molecule has 1 fully saturated rings. The number of benzene rings is 2. The van der Waals surface area contributed by atoms with Crippen molar-refractivity contribution in [2.75, 3.05) is 11.4 Å². The zero-order valence-electron chi connectivity index (χ0n) is 21.1. The van der Waals surface area contributed by atoms with Gasteiger partial charge in [0, 0.05) is 19.3 Å². The smallest absolute Gasteiger partial charge is 0.267 e. The van der Waals surface area contributed by atoms with Crippen LogP contribution in [0.15, 0.2) is 82.6 Å². The van der Waals surface area contributed by atoms with Gasteiger partial charge < -0.3 is 4.90 Å². The SMILES string of the molecule is Cc1cccn2c(=O)c(/C=C3\SC(=S)N([C@H](C)c4ccccc4)C3=O)c(N3CCc4ccccc4C3)nc12. The monoisotopic (exact) mass is 538 g/mol. The van der Waals surface area contributed by atoms with Gasteiger partial charge in [0.15, 0.2) is 0 Å². The molecule has 0 N–H and O–H groups in total. The van der Waals surface area contributed by atoms with E-state index in [0.717, 1.165) is 24.1 Å². The first-order chi connectivity index (χ1) is 18.4. The molecule has 0 bridgehead atoms. The molecule has 0 saturated carbocycles. The van der Waals surface area contributed by atoms with Crippen LogP contribution in [0.1, 0.15) is 40.8 Å². The second kappa shape index (κ2) is 9.85. The van der Waals surface area contributed by atoms with Crippen LogP contribution in [0, 0.1) is 6.92 Å². The number of thiocarbonyl (C=S) groups is 1. The predicted molar refractivity (Wildman–Crippen MR) is 157 cm³/mol. The Morgan fingerprint density at radius 3 is 2.53 bits per heavy atom. The fraction of sp³-hybridized carbons (Fsp3) is 0.200. The van der Waals surface area contributed by atoms with Crippen LogP contribution in [-0.2, 0) is 17.8 Å². The van der Waals surface area contributed by atoms with Crippen LogP contribution < -0.4 is 10.5 Å². The third-order valence-corrected chi connectivity index (χ3v) is 8.59. The van der Waals surface area contributed by atoms with E-state index in [1.54, 1.807) is 21.6 Å². The Morgan fingerprint density at radius 2 is 1.74 bits per heavy atom. The first kappa shape index (κ1) is 24.6. The highest BCUT2D eigenvalue weighted by molar-refractivity contribution is 8.26. The molecule has 38 heavy (non-hydrogen) atoms. The average molecular weight is 539 g/mol. The van der Waals surface area contributed by atoms with Gasteiger partial charge in [-0.25, -0.2) is 4.98 Å². The second-order valence-corrected chi connectivity index (χ2v) is 11.3. The number of nitrogens with zero attached hydrogens (tertiary/aromatic N) is 4. The Morgan fingerprint density at radius 1 is 1.00 bits per heavy atom. The molecule has 2 aliphatic heterocycles. The average Bonchev–Trinajstić information content (AvgIpc) is 3.22. The number of amides is 1. The van der Waals surface area contributed by atoms with Gasteiger partial charge in [-0.3, -0.25) is 18.9 Å². The maximum Gasteiger partial charge on any atom is 0.267 e. The molecule has 0 aliphatic carbocycles. The van der Waals surface area contributed by atoms with E-state index < -0.39 is 0 Å². The Labute approximate surface area is 230 Å². The maximum absolute atomic E-state index is 13.9. The minimum atomic E-state index is -0.217. The molecule has 6 rings (SSSR count). The fourth-order valence-corrected chi connectivity index (χ4v) is 6.57. The van der Waals surface area contributed by atoms with Crippen LogP contribution in [0.5, 0.6) is 0 Å². The van der Waals surface area contributed by atoms with Crippen LogP contribution in [0.25, 0.3) is 11.7 Å². The molecular weight excluding hydrogens is 512 g/mol. The summed E-state index contributed by atoms with van der Waals surface area (Å²) in [6.07, 6.45) is 4.28. The molecule has 0 radical (unpaired) electrons. The quantitative estimate of drug-likeness (QED) is 0.252. The van der Waals surface area contributed by atoms with E-state index in [1.807, 2.05) is 62.4 Å². The minimum Gasteiger partial charge on any atom is -0.351 e. The first-order valence-corrected chi connectivity index (χ1v) is 13.8. The standard InChI is InChI=1S/C30H26N4O2S2/c1-19-9-8-15-33-26(19)31-27(32-16-14-22-12-6-7-13-23(22)18-32)24(28(33)35)17-25-29(36)34(30(37)38-25)20(2)21-10-4-3-5-11-21/h3-13,15,17,20H,14,16,18H2,1-2H3/b25-17-/t20-/m1/s1. The highest BCUT2D eigenvalue weighted by atomic mass is 32.2. The van der Waals surface area contributed by atoms with E-state index in [2.05, 4.69) is 23.1 Å². The molecule has 2 aromatic heterocycles. The van der Waals surface area contributed by atoms with Gasteiger partial charge >= 0.3 is 0 Å². The number of aromatic nitrogens is 2. The second-order valence-electron chi connectivity index (χ2n) is 9.62. The third kappa shape index (κ3) is 4.23. The summed E-state index contributed by atoms with van der Waals surface area (Å²) in [5.41, 5.74) is 5.27. The Bertz CT molecular complexity index is 1680. The van der Waals surface area contributed by atoms with Gasteiger partial charge in [-0.05, 0) is 54.7 Å². The largest absolute Gasteiger partial charge is 0.351 e. The van der Waals surface area contributed by atoms with Gasteiger partial charge in [0.25, 0.3) is 11.5 Å². The Hall–Kier alpha value is -3.75. The van der Waals surface area contributed by atoms with E-state index in [4.69, 9.17) is 17.2 Å². The van der Waals surface area contributed by atoms with Crippen LogP contribution >= 0.6 is 24.0 Å². The third-order valence-electron chi connectivity index (χ3n) is 7.26. The van der Waals surface area contributed by atoms with Gasteiger partial charge in [-0.2, -0.15) is 0 Å². The van der Waals surface area contributed by atoms with E-state index >= 15 is 0 Å². The van der Waals surface area contributed by atoms with Crippen molar-refractivity contribution in [2.45, 2.75) is 32.9 Å². The minimum absolute atomic E-state index is 0.194.